The molecule has 0 saturated carbocycles. The van der Waals surface area contributed by atoms with E-state index in [0.717, 1.165) is 12.0 Å². The van der Waals surface area contributed by atoms with Crippen molar-refractivity contribution in [2.75, 3.05) is 0 Å². The van der Waals surface area contributed by atoms with Crippen molar-refractivity contribution in [2.45, 2.75) is 58.7 Å². The first kappa shape index (κ1) is 19.8. The third-order valence-electron chi connectivity index (χ3n) is 3.16. The van der Waals surface area contributed by atoms with Crippen LogP contribution in [0.4, 0.5) is 5.69 Å². The van der Waals surface area contributed by atoms with Gasteiger partial charge in [-0.2, -0.15) is 0 Å². The minimum absolute atomic E-state index is 0.0323. The molecule has 0 fully saturated rings. The molecule has 0 aliphatic heterocycles. The number of nitro benzene ring substituents is 1. The zero-order valence-electron chi connectivity index (χ0n) is 15.3. The first-order chi connectivity index (χ1) is 10.4. The van der Waals surface area contributed by atoms with Gasteiger partial charge < -0.3 is 4.43 Å². The molecule has 1 atom stereocenters. The normalized spacial score (nSPS) is 14.7. The minimum Gasteiger partial charge on any atom is -0.410 e. The number of rotatable bonds is 7. The number of hydrogen-bond donors (Lipinski definition) is 0. The monoisotopic (exact) mass is 351 g/mol. The minimum atomic E-state index is -1.71. The Morgan fingerprint density at radius 1 is 1.17 bits per heavy atom. The molecule has 0 aliphatic rings. The SMILES string of the molecule is C/C(=C\[Si](C)(C)C)CC(O[Si](C)(C)C)c1ccc([N+](=O)[O-])cc1. The van der Waals surface area contributed by atoms with Gasteiger partial charge in [-0.3, -0.25) is 10.1 Å². The quantitative estimate of drug-likeness (QED) is 0.359. The Morgan fingerprint density at radius 3 is 2.09 bits per heavy atom. The molecule has 0 amide bonds. The van der Waals surface area contributed by atoms with Gasteiger partial charge in [0.1, 0.15) is 0 Å². The maximum Gasteiger partial charge on any atom is 0.269 e. The van der Waals surface area contributed by atoms with Crippen LogP contribution in [-0.4, -0.2) is 21.3 Å². The molecule has 0 spiro atoms. The van der Waals surface area contributed by atoms with E-state index in [0.29, 0.717) is 0 Å². The lowest BCUT2D eigenvalue weighted by atomic mass is 10.0. The fourth-order valence-electron chi connectivity index (χ4n) is 2.56. The molecule has 128 valence electrons. The summed E-state index contributed by atoms with van der Waals surface area (Å²) in [5.74, 6) is 0. The van der Waals surface area contributed by atoms with E-state index < -0.39 is 16.4 Å². The first-order valence-electron chi connectivity index (χ1n) is 7.98. The van der Waals surface area contributed by atoms with Crippen LogP contribution in [0, 0.1) is 10.1 Å². The summed E-state index contributed by atoms with van der Waals surface area (Å²) in [6.07, 6.45) is 0.807. The number of nitrogens with zero attached hydrogens (tertiary/aromatic N) is 1. The molecule has 0 heterocycles. The van der Waals surface area contributed by atoms with Crippen LogP contribution in [0.1, 0.15) is 25.0 Å². The van der Waals surface area contributed by atoms with Crippen LogP contribution in [0.3, 0.4) is 0 Å². The van der Waals surface area contributed by atoms with Crippen molar-refractivity contribution in [1.82, 2.24) is 0 Å². The summed E-state index contributed by atoms with van der Waals surface area (Å²) in [6, 6.07) is 6.77. The standard InChI is InChI=1S/C17H29NO3Si2/c1-14(13-22(2,3)4)12-17(21-23(5,6)7)15-8-10-16(11-9-15)18(19)20/h8-11,13,17H,12H2,1-7H3/b14-13+. The van der Waals surface area contributed by atoms with E-state index in [1.165, 1.54) is 5.57 Å². The lowest BCUT2D eigenvalue weighted by Crippen LogP contribution is -2.28. The Hall–Kier alpha value is -1.25. The summed E-state index contributed by atoms with van der Waals surface area (Å²) in [4.78, 5) is 10.5. The maximum absolute atomic E-state index is 10.8. The molecule has 0 bridgehead atoms. The van der Waals surface area contributed by atoms with E-state index in [1.54, 1.807) is 12.1 Å². The highest BCUT2D eigenvalue weighted by atomic mass is 28.4. The van der Waals surface area contributed by atoms with Gasteiger partial charge in [0.15, 0.2) is 8.32 Å². The first-order valence-corrected chi connectivity index (χ1v) is 15.0. The molecule has 23 heavy (non-hydrogen) atoms. The Bertz CT molecular complexity index is 569. The molecule has 1 aromatic carbocycles. The molecule has 0 radical (unpaired) electrons. The fraction of sp³-hybridized carbons (Fsp3) is 0.529. The second-order valence-electron chi connectivity index (χ2n) is 8.13. The number of non-ortho nitro benzene ring substituents is 1. The van der Waals surface area contributed by atoms with Crippen molar-refractivity contribution in [3.63, 3.8) is 0 Å². The van der Waals surface area contributed by atoms with Crippen molar-refractivity contribution in [3.8, 4) is 0 Å². The van der Waals surface area contributed by atoms with Gasteiger partial charge in [0.05, 0.1) is 19.1 Å². The van der Waals surface area contributed by atoms with Gasteiger partial charge >= 0.3 is 0 Å². The van der Waals surface area contributed by atoms with Gasteiger partial charge in [-0.1, -0.05) is 30.9 Å². The van der Waals surface area contributed by atoms with Crippen LogP contribution in [0.25, 0.3) is 0 Å². The molecule has 0 aromatic heterocycles. The molecule has 1 rings (SSSR count). The average Bonchev–Trinajstić information content (AvgIpc) is 2.34. The molecule has 1 aromatic rings. The summed E-state index contributed by atoms with van der Waals surface area (Å²) in [6.45, 7) is 15.6. The molecular formula is C17H29NO3Si2. The van der Waals surface area contributed by atoms with Crippen molar-refractivity contribution >= 4 is 22.1 Å². The van der Waals surface area contributed by atoms with Gasteiger partial charge in [0.2, 0.25) is 0 Å². The molecule has 1 unspecified atom stereocenters. The van der Waals surface area contributed by atoms with Crippen molar-refractivity contribution in [2.24, 2.45) is 0 Å². The van der Waals surface area contributed by atoms with E-state index in [-0.39, 0.29) is 16.7 Å². The number of hydrogen-bond acceptors (Lipinski definition) is 3. The van der Waals surface area contributed by atoms with Gasteiger partial charge in [-0.15, -0.1) is 0 Å². The van der Waals surface area contributed by atoms with Crippen LogP contribution in [0.5, 0.6) is 0 Å². The lowest BCUT2D eigenvalue weighted by Gasteiger charge is -2.27. The fourth-order valence-corrected chi connectivity index (χ4v) is 5.22. The molecule has 0 N–H and O–H groups in total. The summed E-state index contributed by atoms with van der Waals surface area (Å²) < 4.78 is 6.35. The summed E-state index contributed by atoms with van der Waals surface area (Å²) in [7, 11) is -2.98. The van der Waals surface area contributed by atoms with E-state index in [2.05, 4.69) is 51.9 Å². The predicted molar refractivity (Wildman–Crippen MR) is 102 cm³/mol. The third-order valence-corrected chi connectivity index (χ3v) is 5.51. The van der Waals surface area contributed by atoms with Crippen LogP contribution in [0.2, 0.25) is 39.3 Å². The molecular weight excluding hydrogens is 322 g/mol. The van der Waals surface area contributed by atoms with Crippen LogP contribution >= 0.6 is 0 Å². The molecule has 4 nitrogen and oxygen atoms in total. The Balaban J connectivity index is 3.05. The lowest BCUT2D eigenvalue weighted by molar-refractivity contribution is -0.384. The van der Waals surface area contributed by atoms with Gasteiger partial charge in [-0.05, 0) is 50.7 Å². The van der Waals surface area contributed by atoms with Gasteiger partial charge in [0, 0.05) is 12.1 Å². The zero-order chi connectivity index (χ0) is 17.8. The second kappa shape index (κ2) is 7.55. The van der Waals surface area contributed by atoms with Crippen LogP contribution < -0.4 is 0 Å². The highest BCUT2D eigenvalue weighted by molar-refractivity contribution is 6.81. The Kier molecular flexibility index (Phi) is 6.50. The maximum atomic E-state index is 10.8. The topological polar surface area (TPSA) is 52.4 Å². The van der Waals surface area contributed by atoms with E-state index in [4.69, 9.17) is 4.43 Å². The summed E-state index contributed by atoms with van der Waals surface area (Å²) >= 11 is 0. The predicted octanol–water partition coefficient (Wildman–Crippen LogP) is 5.70. The number of benzene rings is 1. The third kappa shape index (κ3) is 7.72. The highest BCUT2D eigenvalue weighted by Crippen LogP contribution is 2.30. The molecule has 0 aliphatic carbocycles. The van der Waals surface area contributed by atoms with Gasteiger partial charge in [0.25, 0.3) is 5.69 Å². The second-order valence-corrected chi connectivity index (χ2v) is 17.6. The van der Waals surface area contributed by atoms with Crippen molar-refractivity contribution in [1.29, 1.82) is 0 Å². The van der Waals surface area contributed by atoms with Crippen LogP contribution in [-0.2, 0) is 4.43 Å². The van der Waals surface area contributed by atoms with Crippen LogP contribution in [0.15, 0.2) is 35.5 Å². The van der Waals surface area contributed by atoms with Crippen molar-refractivity contribution in [3.05, 3.63) is 51.2 Å². The Morgan fingerprint density at radius 2 is 1.70 bits per heavy atom. The Labute approximate surface area is 141 Å². The average molecular weight is 352 g/mol. The largest absolute Gasteiger partial charge is 0.410 e. The van der Waals surface area contributed by atoms with Crippen molar-refractivity contribution < 1.29 is 9.35 Å². The summed E-state index contributed by atoms with van der Waals surface area (Å²) in [5.41, 5.74) is 4.88. The summed E-state index contributed by atoms with van der Waals surface area (Å²) in [5, 5.41) is 10.8. The van der Waals surface area contributed by atoms with E-state index in [9.17, 15) is 10.1 Å². The zero-order valence-corrected chi connectivity index (χ0v) is 17.3. The van der Waals surface area contributed by atoms with Gasteiger partial charge in [-0.25, -0.2) is 0 Å². The van der Waals surface area contributed by atoms with E-state index in [1.807, 2.05) is 12.1 Å². The number of nitro groups is 1. The molecule has 6 heteroatoms. The highest BCUT2D eigenvalue weighted by Gasteiger charge is 2.24. The smallest absolute Gasteiger partial charge is 0.269 e. The van der Waals surface area contributed by atoms with E-state index >= 15 is 0 Å². The molecule has 0 saturated heterocycles.